The summed E-state index contributed by atoms with van der Waals surface area (Å²) in [5.41, 5.74) is 1.21. The predicted octanol–water partition coefficient (Wildman–Crippen LogP) is 6.14. The van der Waals surface area contributed by atoms with Gasteiger partial charge in [0.1, 0.15) is 36.0 Å². The third kappa shape index (κ3) is 4.97. The molecule has 35 heavy (non-hydrogen) atoms. The molecule has 0 saturated carbocycles. The van der Waals surface area contributed by atoms with E-state index in [1.165, 1.54) is 37.3 Å². The van der Waals surface area contributed by atoms with Crippen LogP contribution in [0.3, 0.4) is 0 Å². The van der Waals surface area contributed by atoms with Crippen molar-refractivity contribution >= 4 is 23.2 Å². The number of anilines is 2. The number of nitrogens with one attached hydrogen (secondary N) is 1. The first-order chi connectivity index (χ1) is 16.7. The molecule has 4 aromatic rings. The van der Waals surface area contributed by atoms with E-state index in [0.717, 1.165) is 15.7 Å². The molecule has 7 nitrogen and oxygen atoms in total. The fourth-order valence-electron chi connectivity index (χ4n) is 3.62. The predicted molar refractivity (Wildman–Crippen MR) is 120 cm³/mol. The molecule has 0 bridgehead atoms. The minimum Gasteiger partial charge on any atom is -0.325 e. The summed E-state index contributed by atoms with van der Waals surface area (Å²) in [5, 5.41) is 11.1. The number of alkyl halides is 4. The van der Waals surface area contributed by atoms with Gasteiger partial charge in [0, 0.05) is 17.2 Å². The van der Waals surface area contributed by atoms with Crippen molar-refractivity contribution in [1.82, 2.24) is 29.5 Å². The fraction of sp³-hybridized carbons (Fsp3) is 0.273. The fourth-order valence-corrected chi connectivity index (χ4v) is 3.82. The lowest BCUT2D eigenvalue weighted by Gasteiger charge is -2.12. The van der Waals surface area contributed by atoms with Gasteiger partial charge in [-0.3, -0.25) is 0 Å². The van der Waals surface area contributed by atoms with Gasteiger partial charge in [0.05, 0.1) is 16.4 Å². The second-order valence-electron chi connectivity index (χ2n) is 7.49. The molecule has 0 fully saturated rings. The second-order valence-corrected chi connectivity index (χ2v) is 7.87. The Morgan fingerprint density at radius 3 is 2.40 bits per heavy atom. The average molecular weight is 512 g/mol. The summed E-state index contributed by atoms with van der Waals surface area (Å²) in [5.74, 6) is -0.0665. The van der Waals surface area contributed by atoms with Crippen LogP contribution in [0.15, 0.2) is 36.7 Å². The zero-order valence-corrected chi connectivity index (χ0v) is 19.2. The highest BCUT2D eigenvalue weighted by atomic mass is 35.5. The molecule has 0 amide bonds. The van der Waals surface area contributed by atoms with Crippen LogP contribution >= 0.6 is 11.6 Å². The lowest BCUT2D eigenvalue weighted by Crippen LogP contribution is -2.12. The molecule has 1 N–H and O–H groups in total. The molecular formula is C22H19ClF5N7. The van der Waals surface area contributed by atoms with Gasteiger partial charge in [0.25, 0.3) is 12.9 Å². The molecule has 0 atom stereocenters. The normalized spacial score (nSPS) is 11.6. The van der Waals surface area contributed by atoms with Crippen LogP contribution < -0.4 is 5.32 Å². The van der Waals surface area contributed by atoms with Crippen molar-refractivity contribution in [2.75, 3.05) is 5.32 Å². The summed E-state index contributed by atoms with van der Waals surface area (Å²) in [6.07, 6.45) is -4.09. The summed E-state index contributed by atoms with van der Waals surface area (Å²) < 4.78 is 69.2. The van der Waals surface area contributed by atoms with Gasteiger partial charge in [0.2, 0.25) is 0 Å². The van der Waals surface area contributed by atoms with E-state index in [1.54, 1.807) is 0 Å². The maximum absolute atomic E-state index is 13.6. The number of rotatable bonds is 8. The van der Waals surface area contributed by atoms with Crippen molar-refractivity contribution in [2.45, 2.75) is 39.7 Å². The molecule has 3 aromatic heterocycles. The van der Waals surface area contributed by atoms with E-state index in [9.17, 15) is 22.0 Å². The van der Waals surface area contributed by atoms with Crippen molar-refractivity contribution in [3.05, 3.63) is 64.5 Å². The van der Waals surface area contributed by atoms with Crippen LogP contribution in [0.4, 0.5) is 33.6 Å². The third-order valence-corrected chi connectivity index (χ3v) is 5.64. The Morgan fingerprint density at radius 2 is 1.77 bits per heavy atom. The topological polar surface area (TPSA) is 73.5 Å². The van der Waals surface area contributed by atoms with E-state index in [2.05, 4.69) is 25.5 Å². The zero-order chi connectivity index (χ0) is 25.3. The Balaban J connectivity index is 1.78. The van der Waals surface area contributed by atoms with E-state index in [1.807, 2.05) is 6.92 Å². The lowest BCUT2D eigenvalue weighted by atomic mass is 10.1. The first-order valence-electron chi connectivity index (χ1n) is 10.5. The molecular weight excluding hydrogens is 493 g/mol. The molecule has 0 aliphatic carbocycles. The van der Waals surface area contributed by atoms with Crippen molar-refractivity contribution in [3.63, 3.8) is 0 Å². The Labute approximate surface area is 201 Å². The number of benzene rings is 1. The average Bonchev–Trinajstić information content (AvgIpc) is 3.30. The third-order valence-electron chi connectivity index (χ3n) is 5.18. The Hall–Kier alpha value is -3.54. The van der Waals surface area contributed by atoms with Crippen LogP contribution in [0.5, 0.6) is 0 Å². The monoisotopic (exact) mass is 511 g/mol. The van der Waals surface area contributed by atoms with Gasteiger partial charge in [-0.1, -0.05) is 18.5 Å². The minimum atomic E-state index is -2.91. The molecule has 184 valence electrons. The first-order valence-corrected chi connectivity index (χ1v) is 10.8. The Bertz CT molecular complexity index is 1330. The van der Waals surface area contributed by atoms with E-state index < -0.39 is 30.9 Å². The van der Waals surface area contributed by atoms with Gasteiger partial charge >= 0.3 is 0 Å². The van der Waals surface area contributed by atoms with Crippen LogP contribution in [0, 0.1) is 12.7 Å². The number of nitrogens with zero attached hydrogens (tertiary/aromatic N) is 6. The number of hydrogen-bond donors (Lipinski definition) is 1. The molecule has 0 aliphatic heterocycles. The smallest absolute Gasteiger partial charge is 0.282 e. The van der Waals surface area contributed by atoms with Gasteiger partial charge in [0.15, 0.2) is 5.82 Å². The highest BCUT2D eigenvalue weighted by Gasteiger charge is 2.25. The molecule has 0 spiro atoms. The molecule has 13 heteroatoms. The van der Waals surface area contributed by atoms with Gasteiger partial charge in [-0.25, -0.2) is 41.3 Å². The highest BCUT2D eigenvalue weighted by Crippen LogP contribution is 2.34. The zero-order valence-electron chi connectivity index (χ0n) is 18.5. The second kappa shape index (κ2) is 9.98. The van der Waals surface area contributed by atoms with E-state index in [-0.39, 0.29) is 28.2 Å². The summed E-state index contributed by atoms with van der Waals surface area (Å²) in [6, 6.07) is 6.86. The molecule has 0 unspecified atom stereocenters. The van der Waals surface area contributed by atoms with Crippen molar-refractivity contribution in [2.24, 2.45) is 0 Å². The van der Waals surface area contributed by atoms with E-state index in [0.29, 0.717) is 23.2 Å². The summed E-state index contributed by atoms with van der Waals surface area (Å²) in [6.45, 7) is 2.59. The summed E-state index contributed by atoms with van der Waals surface area (Å²) in [7, 11) is 0. The van der Waals surface area contributed by atoms with Gasteiger partial charge < -0.3 is 5.32 Å². The molecule has 0 saturated heterocycles. The first kappa shape index (κ1) is 24.6. The number of aryl methyl sites for hydroxylation is 1. The SMILES string of the molecule is CCc1c(-c2ccc(F)cc2)nn(CC(F)F)c1Nc1cc(-n2nc(C)c(Cl)c2C(F)F)ncn1. The van der Waals surface area contributed by atoms with E-state index >= 15 is 0 Å². The van der Waals surface area contributed by atoms with Crippen molar-refractivity contribution in [3.8, 4) is 17.1 Å². The Morgan fingerprint density at radius 1 is 1.06 bits per heavy atom. The maximum Gasteiger partial charge on any atom is 0.282 e. The Kier molecular flexibility index (Phi) is 7.01. The van der Waals surface area contributed by atoms with Crippen LogP contribution in [0.1, 0.15) is 30.3 Å². The molecule has 3 heterocycles. The summed E-state index contributed by atoms with van der Waals surface area (Å²) >= 11 is 5.98. The maximum atomic E-state index is 13.6. The van der Waals surface area contributed by atoms with Crippen LogP contribution in [-0.4, -0.2) is 36.0 Å². The molecule has 1 aromatic carbocycles. The van der Waals surface area contributed by atoms with E-state index in [4.69, 9.17) is 11.6 Å². The summed E-state index contributed by atoms with van der Waals surface area (Å²) in [4.78, 5) is 8.09. The number of hydrogen-bond acceptors (Lipinski definition) is 5. The van der Waals surface area contributed by atoms with Gasteiger partial charge in [-0.05, 0) is 37.6 Å². The highest BCUT2D eigenvalue weighted by molar-refractivity contribution is 6.31. The van der Waals surface area contributed by atoms with Crippen molar-refractivity contribution in [1.29, 1.82) is 0 Å². The standard InChI is InChI=1S/C22H19ClF5N7/c1-3-14-19(12-4-6-13(24)7-5-12)33-34(9-15(25)26)22(14)31-16-8-17(30-10-29-16)35-20(21(27)28)18(23)11(2)32-35/h4-8,10,15,21H,3,9H2,1-2H3,(H,29,30,31). The van der Waals surface area contributed by atoms with Gasteiger partial charge in [-0.2, -0.15) is 10.2 Å². The largest absolute Gasteiger partial charge is 0.325 e. The number of halogens is 6. The molecule has 0 aliphatic rings. The molecule has 0 radical (unpaired) electrons. The number of aromatic nitrogens is 6. The van der Waals surface area contributed by atoms with Crippen LogP contribution in [-0.2, 0) is 13.0 Å². The molecule has 4 rings (SSSR count). The van der Waals surface area contributed by atoms with Crippen LogP contribution in [0.2, 0.25) is 5.02 Å². The minimum absolute atomic E-state index is 0.00420. The lowest BCUT2D eigenvalue weighted by molar-refractivity contribution is 0.122. The quantitative estimate of drug-likeness (QED) is 0.288. The van der Waals surface area contributed by atoms with Crippen LogP contribution in [0.25, 0.3) is 17.1 Å². The van der Waals surface area contributed by atoms with Crippen molar-refractivity contribution < 1.29 is 22.0 Å². The van der Waals surface area contributed by atoms with Gasteiger partial charge in [-0.15, -0.1) is 0 Å².